The Bertz CT molecular complexity index is 4750. The lowest BCUT2D eigenvalue weighted by Gasteiger charge is -2.35. The quantitative estimate of drug-likeness (QED) is 0.0306. The lowest BCUT2D eigenvalue weighted by atomic mass is 9.96. The van der Waals surface area contributed by atoms with Crippen LogP contribution in [0.25, 0.3) is 0 Å². The molecular formula is C98H153N21O25S. The first-order valence-electron chi connectivity index (χ1n) is 50.3. The van der Waals surface area contributed by atoms with Crippen molar-refractivity contribution in [2.75, 3.05) is 57.9 Å². The van der Waals surface area contributed by atoms with Crippen LogP contribution in [0.2, 0.25) is 0 Å². The number of primary amides is 1. The highest BCUT2D eigenvalue weighted by Crippen LogP contribution is 2.30. The van der Waals surface area contributed by atoms with E-state index in [1.807, 2.05) is 13.8 Å². The summed E-state index contributed by atoms with van der Waals surface area (Å²) >= 11 is 1.32. The maximum atomic E-state index is 15.1. The Hall–Kier alpha value is -12.5. The molecule has 2 aromatic carbocycles. The highest BCUT2D eigenvalue weighted by Gasteiger charge is 2.49. The summed E-state index contributed by atoms with van der Waals surface area (Å²) in [7, 11) is 0. The summed E-state index contributed by atoms with van der Waals surface area (Å²) in [5.41, 5.74) is 24.6. The third-order valence-electron chi connectivity index (χ3n) is 26.6. The molecule has 0 saturated carbocycles. The molecule has 4 fully saturated rings. The Labute approximate surface area is 849 Å². The average Bonchev–Trinajstić information content (AvgIpc) is 1.67. The number of benzene rings is 2. The number of nitrogens with two attached hydrogens (primary N) is 4. The Balaban J connectivity index is 1.13. The Morgan fingerprint density at radius 1 is 0.393 bits per heavy atom. The van der Waals surface area contributed by atoms with Crippen molar-refractivity contribution in [3.8, 4) is 0 Å². The smallest absolute Gasteiger partial charge is 0.326 e. The van der Waals surface area contributed by atoms with Crippen LogP contribution < -0.4 is 92.1 Å². The second-order valence-corrected chi connectivity index (χ2v) is 39.5. The van der Waals surface area contributed by atoms with Gasteiger partial charge in [0.2, 0.25) is 106 Å². The number of nitrogens with zero attached hydrogens (tertiary/aromatic N) is 4. The van der Waals surface area contributed by atoms with Crippen LogP contribution in [0.4, 0.5) is 0 Å². The van der Waals surface area contributed by atoms with Crippen LogP contribution in [0, 0.1) is 23.7 Å². The Morgan fingerprint density at radius 3 is 1.22 bits per heavy atom. The molecule has 4 heterocycles. The zero-order chi connectivity index (χ0) is 108. The predicted octanol–water partition coefficient (Wildman–Crippen LogP) is -2.43. The fourth-order valence-electron chi connectivity index (χ4n) is 17.9. The number of hydrogen-bond donors (Lipinski definition) is 21. The summed E-state index contributed by atoms with van der Waals surface area (Å²) in [6.07, 6.45) is 1.96. The number of likely N-dealkylation sites (tertiary alicyclic amines) is 4. The molecule has 47 heteroatoms. The van der Waals surface area contributed by atoms with Gasteiger partial charge >= 0.3 is 17.9 Å². The number of nitrogens with one attached hydrogen (secondary N) is 13. The van der Waals surface area contributed by atoms with Gasteiger partial charge in [0.05, 0.1) is 19.1 Å². The van der Waals surface area contributed by atoms with Gasteiger partial charge in [-0.05, 0) is 182 Å². The van der Waals surface area contributed by atoms with Gasteiger partial charge in [0.15, 0.2) is 0 Å². The second kappa shape index (κ2) is 61.1. The number of carboxylic acids is 3. The maximum Gasteiger partial charge on any atom is 0.326 e. The monoisotopic (exact) mass is 2060 g/mol. The maximum absolute atomic E-state index is 15.1. The zero-order valence-electron chi connectivity index (χ0n) is 84.7. The van der Waals surface area contributed by atoms with Crippen molar-refractivity contribution in [1.29, 1.82) is 0 Å². The van der Waals surface area contributed by atoms with Crippen molar-refractivity contribution < 1.29 is 121 Å². The van der Waals surface area contributed by atoms with Crippen molar-refractivity contribution in [3.63, 3.8) is 0 Å². The number of carbonyl (C=O) groups excluding carboxylic acids is 18. The molecule has 25 N–H and O–H groups in total. The van der Waals surface area contributed by atoms with Gasteiger partial charge in [-0.3, -0.25) is 95.9 Å². The third kappa shape index (κ3) is 37.8. The van der Waals surface area contributed by atoms with Crippen LogP contribution in [0.5, 0.6) is 0 Å². The summed E-state index contributed by atoms with van der Waals surface area (Å²) < 4.78 is 0. The van der Waals surface area contributed by atoms with Gasteiger partial charge in [-0.15, -0.1) is 0 Å². The zero-order valence-corrected chi connectivity index (χ0v) is 85.5. The SMILES string of the molecule is CC[C@H](C)[C@H](NC(=O)[C@H](C)NC(=O)[C@H](CCC(=O)O)NC(=O)[C@@H](N)CC(C)C)C(=O)N1CCC[C@H]1C(=O)N[C@@H](CCSC)C(=O)N[C@@H](CO)C(=O)N[C@H](C(=O)N1CCC[C@H]1C(=O)N1CCC[C@H]1C(=O)N[C@@H](CCC(=O)O)C(=O)N[C@H](C(=O)N[C@@H](CCCCN)C(=O)N[C@@H](Cc1ccccc1)C(=O)N[C@@H](CC(N)=O)C(=O)N[C@@H](CCCCN)C(=O)N1CCC[C@H]1C(=O)N[C@@H](Cc1ccccc1)C(=O)O)C(C)C)[C@@H](C)CC. The number of aliphatic carboxylic acids is 3. The summed E-state index contributed by atoms with van der Waals surface area (Å²) in [6.45, 7) is 14.3. The van der Waals surface area contributed by atoms with Crippen molar-refractivity contribution in [2.24, 2.45) is 46.6 Å². The molecule has 18 amide bonds. The molecule has 0 spiro atoms. The molecule has 0 unspecified atom stereocenters. The Morgan fingerprint density at radius 2 is 0.759 bits per heavy atom. The number of thioether (sulfide) groups is 1. The van der Waals surface area contributed by atoms with E-state index in [0.717, 1.165) is 0 Å². The molecule has 0 aromatic heterocycles. The van der Waals surface area contributed by atoms with Crippen molar-refractivity contribution in [1.82, 2.24) is 88.7 Å². The van der Waals surface area contributed by atoms with E-state index in [0.29, 0.717) is 43.2 Å². The van der Waals surface area contributed by atoms with E-state index in [4.69, 9.17) is 22.9 Å². The highest BCUT2D eigenvalue weighted by atomic mass is 32.2. The summed E-state index contributed by atoms with van der Waals surface area (Å²) in [5, 5.41) is 74.2. The number of rotatable bonds is 62. The average molecular weight is 2060 g/mol. The summed E-state index contributed by atoms with van der Waals surface area (Å²) in [6, 6.07) is -8.39. The van der Waals surface area contributed by atoms with Gasteiger partial charge in [-0.2, -0.15) is 11.8 Å². The number of hydrogen-bond acceptors (Lipinski definition) is 26. The molecule has 4 aliphatic rings. The topological polar surface area (TPSA) is 713 Å². The highest BCUT2D eigenvalue weighted by molar-refractivity contribution is 7.98. The fraction of sp³-hybridized carbons (Fsp3) is 0.663. The minimum Gasteiger partial charge on any atom is -0.481 e. The molecule has 20 atom stereocenters. The van der Waals surface area contributed by atoms with Crippen LogP contribution in [-0.4, -0.2) is 331 Å². The molecule has 0 bridgehead atoms. The number of carbonyl (C=O) groups is 21. The van der Waals surface area contributed by atoms with Gasteiger partial charge in [0.25, 0.3) is 0 Å². The van der Waals surface area contributed by atoms with Crippen LogP contribution in [-0.2, 0) is 114 Å². The molecule has 0 radical (unpaired) electrons. The van der Waals surface area contributed by atoms with E-state index in [2.05, 4.69) is 69.1 Å². The largest absolute Gasteiger partial charge is 0.481 e. The fourth-order valence-corrected chi connectivity index (χ4v) is 18.3. The predicted molar refractivity (Wildman–Crippen MR) is 532 cm³/mol. The molecule has 46 nitrogen and oxygen atoms in total. The number of carboxylic acid groups (broad SMARTS) is 3. The van der Waals surface area contributed by atoms with Gasteiger partial charge in [-0.25, -0.2) is 4.79 Å². The van der Waals surface area contributed by atoms with Crippen LogP contribution >= 0.6 is 11.8 Å². The molecule has 6 rings (SSSR count). The van der Waals surface area contributed by atoms with Gasteiger partial charge in [-0.1, -0.05) is 129 Å². The van der Waals surface area contributed by atoms with Crippen molar-refractivity contribution >= 4 is 136 Å². The van der Waals surface area contributed by atoms with E-state index in [-0.39, 0.29) is 154 Å². The first-order chi connectivity index (χ1) is 68.8. The van der Waals surface area contributed by atoms with Crippen molar-refractivity contribution in [2.45, 2.75) is 332 Å². The lowest BCUT2D eigenvalue weighted by Crippen LogP contribution is -2.62. The minimum atomic E-state index is -1.80. The number of unbranched alkanes of at least 4 members (excludes halogenated alkanes) is 2. The molecule has 4 saturated heterocycles. The van der Waals surface area contributed by atoms with E-state index in [1.165, 1.54) is 38.3 Å². The van der Waals surface area contributed by atoms with E-state index in [1.54, 1.807) is 108 Å². The molecule has 806 valence electrons. The van der Waals surface area contributed by atoms with Crippen LogP contribution in [0.1, 0.15) is 221 Å². The molecular weight excluding hydrogens is 1900 g/mol. The van der Waals surface area contributed by atoms with E-state index < -0.39 is 283 Å². The minimum absolute atomic E-state index is 0.00236. The molecule has 2 aromatic rings. The Kier molecular flexibility index (Phi) is 51.0. The molecule has 0 aliphatic carbocycles. The molecule has 4 aliphatic heterocycles. The lowest BCUT2D eigenvalue weighted by molar-refractivity contribution is -0.149. The first-order valence-corrected chi connectivity index (χ1v) is 51.7. The van der Waals surface area contributed by atoms with Gasteiger partial charge in [0.1, 0.15) is 103 Å². The first kappa shape index (κ1) is 121. The second-order valence-electron chi connectivity index (χ2n) is 38.5. The number of amides is 18. The number of aliphatic hydroxyl groups is 1. The van der Waals surface area contributed by atoms with Gasteiger partial charge in [0, 0.05) is 51.9 Å². The standard InChI is InChI=1S/C98H153N21O25S/c1-11-56(7)79(114-81(126)58(9)103-83(128)63(37-39-76(122)123)104-82(127)61(101)49-54(3)4)96(141)118-46-25-35-73(118)91(136)106-65(41-48-145-10)85(130)112-70(53-120)89(134)115-80(57(8)12-2)97(142)119-47-26-36-74(119)95(140)117-45-24-34-72(117)90(135)105-64(38-40-77(124)125)86(131)113-78(55(5)6)93(138)107-62(31-19-21-42-99)84(129)109-67(50-59-27-15-13-16-28-59)87(132)110-68(52-75(102)121)88(133)108-66(32-20-22-43-100)94(139)116-44-23-33-71(116)92(137)111-69(98(143)144)51-60-29-17-14-18-30-60/h13-18,27-30,54-58,61-74,78-80,120H,11-12,19-26,31-53,99-101H2,1-10H3,(H2,102,121)(H,103,128)(H,104,127)(H,105,135)(H,106,136)(H,107,138)(H,108,133)(H,109,129)(H,110,132)(H,111,137)(H,112,130)(H,113,131)(H,114,126)(H,115,134)(H,122,123)(H,124,125)(H,143,144)/t56-,57-,58-,61-,62-,63-,64-,65-,66-,67-,68-,69-,70-,71-,72-,73-,74-,78-,79-,80-/m0/s1. The van der Waals surface area contributed by atoms with Crippen molar-refractivity contribution in [3.05, 3.63) is 71.8 Å². The van der Waals surface area contributed by atoms with Gasteiger partial charge < -0.3 is 132 Å². The number of aliphatic hydroxyl groups excluding tert-OH is 1. The van der Waals surface area contributed by atoms with Crippen LogP contribution in [0.15, 0.2) is 60.7 Å². The third-order valence-corrected chi connectivity index (χ3v) is 27.2. The molecule has 145 heavy (non-hydrogen) atoms. The summed E-state index contributed by atoms with van der Waals surface area (Å²) in [4.78, 5) is 300. The summed E-state index contributed by atoms with van der Waals surface area (Å²) in [5.74, 6) is -21.3. The normalized spacial score (nSPS) is 18.9. The van der Waals surface area contributed by atoms with E-state index >= 15 is 9.59 Å². The van der Waals surface area contributed by atoms with Crippen LogP contribution in [0.3, 0.4) is 0 Å². The van der Waals surface area contributed by atoms with E-state index in [9.17, 15) is 112 Å².